The fourth-order valence-corrected chi connectivity index (χ4v) is 7.05. The minimum absolute atomic E-state index is 0.0712. The van der Waals surface area contributed by atoms with Gasteiger partial charge in [0.15, 0.2) is 11.5 Å². The van der Waals surface area contributed by atoms with Crippen molar-refractivity contribution in [3.8, 4) is 11.5 Å². The molecule has 5 aliphatic rings. The van der Waals surface area contributed by atoms with Gasteiger partial charge in [-0.05, 0) is 49.5 Å². The lowest BCUT2D eigenvalue weighted by atomic mass is 9.75. The summed E-state index contributed by atoms with van der Waals surface area (Å²) >= 11 is 0. The zero-order chi connectivity index (χ0) is 18.8. The Morgan fingerprint density at radius 3 is 2.63 bits per heavy atom. The zero-order valence-corrected chi connectivity index (χ0v) is 16.7. The van der Waals surface area contributed by atoms with Gasteiger partial charge in [-0.15, -0.1) is 0 Å². The van der Waals surface area contributed by atoms with E-state index in [2.05, 4.69) is 11.0 Å². The summed E-state index contributed by atoms with van der Waals surface area (Å²) in [5, 5.41) is 0. The van der Waals surface area contributed by atoms with Crippen LogP contribution in [0.4, 0.5) is 0 Å². The molecule has 5 heterocycles. The minimum atomic E-state index is -3.45. The summed E-state index contributed by atoms with van der Waals surface area (Å²) in [6, 6.07) is 6.41. The second-order valence-corrected chi connectivity index (χ2v) is 10.1. The Bertz CT molecular complexity index is 837. The molecule has 27 heavy (non-hydrogen) atoms. The lowest BCUT2D eigenvalue weighted by Crippen LogP contribution is -2.61. The number of ether oxygens (including phenoxy) is 2. The lowest BCUT2D eigenvalue weighted by Gasteiger charge is -2.51. The Hall–Kier alpha value is -1.35. The molecule has 6 rings (SSSR count). The predicted octanol–water partition coefficient (Wildman–Crippen LogP) is 1.47. The fourth-order valence-electron chi connectivity index (χ4n) is 5.41. The van der Waals surface area contributed by atoms with Crippen LogP contribution in [0.1, 0.15) is 31.2 Å². The first-order valence-corrected chi connectivity index (χ1v) is 11.3. The van der Waals surface area contributed by atoms with Gasteiger partial charge in [0.2, 0.25) is 6.79 Å². The summed E-state index contributed by atoms with van der Waals surface area (Å²) in [6.45, 7) is 5.31. The van der Waals surface area contributed by atoms with Crippen LogP contribution in [-0.4, -0.2) is 74.0 Å². The molecule has 0 aromatic heterocycles. The van der Waals surface area contributed by atoms with E-state index in [-0.39, 0.29) is 24.8 Å². The molecule has 0 spiro atoms. The van der Waals surface area contributed by atoms with E-state index in [1.165, 1.54) is 4.31 Å². The van der Waals surface area contributed by atoms with Crippen LogP contribution in [0, 0.1) is 5.92 Å². The van der Waals surface area contributed by atoms with Gasteiger partial charge in [0.05, 0.1) is 0 Å². The van der Waals surface area contributed by atoms with Crippen LogP contribution in [-0.2, 0) is 10.2 Å². The summed E-state index contributed by atoms with van der Waals surface area (Å²) in [5.74, 6) is 2.16. The van der Waals surface area contributed by atoms with Crippen LogP contribution in [0.3, 0.4) is 0 Å². The number of benzene rings is 1. The van der Waals surface area contributed by atoms with Crippen molar-refractivity contribution in [3.05, 3.63) is 23.8 Å². The zero-order valence-electron chi connectivity index (χ0n) is 15.9. The number of fused-ring (bicyclic) bond motifs is 3. The topological polar surface area (TPSA) is 62.3 Å². The highest BCUT2D eigenvalue weighted by Crippen LogP contribution is 2.48. The first-order chi connectivity index (χ1) is 13.0. The van der Waals surface area contributed by atoms with Crippen molar-refractivity contribution in [2.45, 2.75) is 37.8 Å². The van der Waals surface area contributed by atoms with E-state index in [0.717, 1.165) is 43.0 Å². The van der Waals surface area contributed by atoms with E-state index in [1.807, 2.05) is 19.1 Å². The molecule has 8 heteroatoms. The molecule has 148 valence electrons. The summed E-state index contributed by atoms with van der Waals surface area (Å²) in [6.07, 6.45) is 2.19. The standard InChI is InChI=1S/C19H27N3O4S/c1-3-20(2)27(23,24)22-11-15(14-4-5-16-17(10-14)26-12-25-16)19-18(22)13-6-8-21(19)9-7-13/h4-5,10,13,15,18-19H,3,6-9,11-12H2,1-2H3/t15-,18+,19+/m0/s1. The molecule has 0 aliphatic carbocycles. The van der Waals surface area contributed by atoms with Gasteiger partial charge in [0.25, 0.3) is 10.2 Å². The van der Waals surface area contributed by atoms with E-state index >= 15 is 0 Å². The van der Waals surface area contributed by atoms with Crippen molar-refractivity contribution in [1.82, 2.24) is 13.5 Å². The maximum atomic E-state index is 13.2. The van der Waals surface area contributed by atoms with E-state index in [1.54, 1.807) is 11.4 Å². The number of rotatable bonds is 4. The number of hydrogen-bond acceptors (Lipinski definition) is 5. The monoisotopic (exact) mass is 393 g/mol. The van der Waals surface area contributed by atoms with Crippen molar-refractivity contribution < 1.29 is 17.9 Å². The molecule has 0 radical (unpaired) electrons. The molecule has 3 atom stereocenters. The highest BCUT2D eigenvalue weighted by molar-refractivity contribution is 7.86. The highest BCUT2D eigenvalue weighted by Gasteiger charge is 2.57. The van der Waals surface area contributed by atoms with Gasteiger partial charge in [-0.25, -0.2) is 0 Å². The van der Waals surface area contributed by atoms with Crippen molar-refractivity contribution in [2.24, 2.45) is 5.92 Å². The molecule has 0 unspecified atom stereocenters. The lowest BCUT2D eigenvalue weighted by molar-refractivity contribution is 0.0113. The average Bonchev–Trinajstić information content (AvgIpc) is 3.33. The van der Waals surface area contributed by atoms with Gasteiger partial charge < -0.3 is 9.47 Å². The molecule has 0 N–H and O–H groups in total. The van der Waals surface area contributed by atoms with Crippen LogP contribution in [0.2, 0.25) is 0 Å². The first-order valence-electron chi connectivity index (χ1n) is 9.87. The van der Waals surface area contributed by atoms with Crippen LogP contribution < -0.4 is 9.47 Å². The van der Waals surface area contributed by atoms with Gasteiger partial charge in [0, 0.05) is 38.1 Å². The molecule has 0 saturated carbocycles. The molecule has 2 bridgehead atoms. The van der Waals surface area contributed by atoms with Crippen LogP contribution in [0.25, 0.3) is 0 Å². The molecule has 1 aromatic carbocycles. The molecule has 0 amide bonds. The van der Waals surface area contributed by atoms with Gasteiger partial charge in [-0.3, -0.25) is 4.90 Å². The van der Waals surface area contributed by atoms with Crippen LogP contribution in [0.5, 0.6) is 11.5 Å². The number of nitrogens with zero attached hydrogens (tertiary/aromatic N) is 3. The van der Waals surface area contributed by atoms with Crippen molar-refractivity contribution in [2.75, 3.05) is 40.0 Å². The second-order valence-electron chi connectivity index (χ2n) is 8.07. The summed E-state index contributed by atoms with van der Waals surface area (Å²) in [7, 11) is -1.77. The van der Waals surface area contributed by atoms with Gasteiger partial charge >= 0.3 is 0 Å². The Kier molecular flexibility index (Phi) is 4.16. The molecule has 4 saturated heterocycles. The SMILES string of the molecule is CCN(C)S(=O)(=O)N1C[C@@H](c2ccc3c(c2)OCO3)[C@@H]2[C@H]1C1CCN2CC1. The summed E-state index contributed by atoms with van der Waals surface area (Å²) < 4.78 is 40.8. The molecule has 4 fully saturated rings. The average molecular weight is 394 g/mol. The van der Waals surface area contributed by atoms with Gasteiger partial charge in [-0.1, -0.05) is 13.0 Å². The number of piperidine rings is 3. The van der Waals surface area contributed by atoms with E-state index in [4.69, 9.17) is 9.47 Å². The molecule has 1 aromatic rings. The smallest absolute Gasteiger partial charge is 0.282 e. The number of hydrogen-bond donors (Lipinski definition) is 0. The Labute approximate surface area is 161 Å². The second kappa shape index (κ2) is 6.34. The Morgan fingerprint density at radius 1 is 1.15 bits per heavy atom. The molecular weight excluding hydrogens is 366 g/mol. The minimum Gasteiger partial charge on any atom is -0.454 e. The van der Waals surface area contributed by atoms with E-state index in [0.29, 0.717) is 19.0 Å². The highest BCUT2D eigenvalue weighted by atomic mass is 32.2. The van der Waals surface area contributed by atoms with Crippen LogP contribution >= 0.6 is 0 Å². The Balaban J connectivity index is 1.55. The third-order valence-electron chi connectivity index (χ3n) is 6.91. The first kappa shape index (κ1) is 17.7. The maximum Gasteiger partial charge on any atom is 0.282 e. The maximum absolute atomic E-state index is 13.2. The Morgan fingerprint density at radius 2 is 1.89 bits per heavy atom. The fraction of sp³-hybridized carbons (Fsp3) is 0.684. The van der Waals surface area contributed by atoms with Gasteiger partial charge in [0.1, 0.15) is 0 Å². The molecular formula is C19H27N3O4S. The van der Waals surface area contributed by atoms with Crippen molar-refractivity contribution in [3.63, 3.8) is 0 Å². The molecule has 5 aliphatic heterocycles. The third-order valence-corrected chi connectivity index (χ3v) is 8.94. The largest absolute Gasteiger partial charge is 0.454 e. The predicted molar refractivity (Wildman–Crippen MR) is 101 cm³/mol. The van der Waals surface area contributed by atoms with Crippen molar-refractivity contribution >= 4 is 10.2 Å². The summed E-state index contributed by atoms with van der Waals surface area (Å²) in [4.78, 5) is 2.52. The molecule has 7 nitrogen and oxygen atoms in total. The van der Waals surface area contributed by atoms with Crippen LogP contribution in [0.15, 0.2) is 18.2 Å². The van der Waals surface area contributed by atoms with E-state index in [9.17, 15) is 8.42 Å². The van der Waals surface area contributed by atoms with Crippen molar-refractivity contribution in [1.29, 1.82) is 0 Å². The third kappa shape index (κ3) is 2.61. The normalized spacial score (nSPS) is 35.0. The van der Waals surface area contributed by atoms with Gasteiger partial charge in [-0.2, -0.15) is 17.0 Å². The van der Waals surface area contributed by atoms with E-state index < -0.39 is 10.2 Å². The quantitative estimate of drug-likeness (QED) is 0.775. The summed E-state index contributed by atoms with van der Waals surface area (Å²) in [5.41, 5.74) is 1.15.